The number of rotatable bonds is 4. The van der Waals surface area contributed by atoms with Gasteiger partial charge >= 0.3 is 0 Å². The van der Waals surface area contributed by atoms with Crippen molar-refractivity contribution in [2.45, 2.75) is 38.1 Å². The Bertz CT molecular complexity index is 969. The van der Waals surface area contributed by atoms with Crippen molar-refractivity contribution >= 4 is 16.9 Å². The van der Waals surface area contributed by atoms with Gasteiger partial charge in [-0.15, -0.1) is 0 Å². The summed E-state index contributed by atoms with van der Waals surface area (Å²) in [5.41, 5.74) is 2.27. The number of hydrogen-bond donors (Lipinski definition) is 0. The second-order valence-electron chi connectivity index (χ2n) is 7.71. The molecule has 1 amide bonds. The molecule has 138 valence electrons. The molecule has 5 rings (SSSR count). The highest BCUT2D eigenvalue weighted by atomic mass is 16.2. The van der Waals surface area contributed by atoms with Gasteiger partial charge in [0, 0.05) is 55.9 Å². The van der Waals surface area contributed by atoms with Crippen molar-refractivity contribution in [2.24, 2.45) is 5.92 Å². The van der Waals surface area contributed by atoms with Gasteiger partial charge in [0.25, 0.3) is 5.91 Å². The molecule has 0 radical (unpaired) electrons. The van der Waals surface area contributed by atoms with Gasteiger partial charge in [-0.1, -0.05) is 0 Å². The summed E-state index contributed by atoms with van der Waals surface area (Å²) in [7, 11) is 0. The Labute approximate surface area is 158 Å². The largest absolute Gasteiger partial charge is 0.339 e. The minimum Gasteiger partial charge on any atom is -0.339 e. The van der Waals surface area contributed by atoms with Crippen LogP contribution in [-0.4, -0.2) is 43.4 Å². The average Bonchev–Trinajstić information content (AvgIpc) is 3.42. The second-order valence-corrected chi connectivity index (χ2v) is 7.71. The molecule has 0 bridgehead atoms. The van der Waals surface area contributed by atoms with Crippen molar-refractivity contribution in [1.82, 2.24) is 24.4 Å². The summed E-state index contributed by atoms with van der Waals surface area (Å²) < 4.78 is 2.34. The third-order valence-corrected chi connectivity index (χ3v) is 5.76. The van der Waals surface area contributed by atoms with Crippen LogP contribution in [0.25, 0.3) is 11.0 Å². The summed E-state index contributed by atoms with van der Waals surface area (Å²) in [6, 6.07) is 5.57. The molecule has 3 aromatic rings. The fourth-order valence-electron chi connectivity index (χ4n) is 4.03. The summed E-state index contributed by atoms with van der Waals surface area (Å²) in [6.45, 7) is 2.66. The quantitative estimate of drug-likeness (QED) is 0.715. The molecule has 0 unspecified atom stereocenters. The minimum absolute atomic E-state index is 0.0855. The van der Waals surface area contributed by atoms with E-state index in [0.29, 0.717) is 11.5 Å². The lowest BCUT2D eigenvalue weighted by Crippen LogP contribution is -2.38. The van der Waals surface area contributed by atoms with Crippen molar-refractivity contribution < 1.29 is 4.79 Å². The number of piperidine rings is 1. The first-order valence-electron chi connectivity index (χ1n) is 9.79. The van der Waals surface area contributed by atoms with Crippen LogP contribution in [0.4, 0.5) is 0 Å². The number of benzene rings is 1. The SMILES string of the molecule is O=C(c1ccc2nccnc2c1)N1CCC(c2nccn2CC2CC2)CC1. The average molecular weight is 361 g/mol. The van der Waals surface area contributed by atoms with E-state index in [2.05, 4.69) is 25.7 Å². The van der Waals surface area contributed by atoms with Gasteiger partial charge in [-0.05, 0) is 49.8 Å². The van der Waals surface area contributed by atoms with E-state index in [-0.39, 0.29) is 5.91 Å². The molecule has 6 nitrogen and oxygen atoms in total. The van der Waals surface area contributed by atoms with Crippen LogP contribution >= 0.6 is 0 Å². The maximum absolute atomic E-state index is 12.9. The number of carbonyl (C=O) groups excluding carboxylic acids is 1. The summed E-state index contributed by atoms with van der Waals surface area (Å²) in [4.78, 5) is 28.1. The summed E-state index contributed by atoms with van der Waals surface area (Å²) >= 11 is 0. The van der Waals surface area contributed by atoms with Crippen molar-refractivity contribution in [2.75, 3.05) is 13.1 Å². The molecule has 1 saturated carbocycles. The van der Waals surface area contributed by atoms with E-state index in [1.807, 2.05) is 29.3 Å². The van der Waals surface area contributed by atoms with E-state index >= 15 is 0 Å². The Morgan fingerprint density at radius 3 is 2.52 bits per heavy atom. The first kappa shape index (κ1) is 16.4. The summed E-state index contributed by atoms with van der Waals surface area (Å²) in [6.07, 6.45) is 12.0. The lowest BCUT2D eigenvalue weighted by molar-refractivity contribution is 0.0710. The van der Waals surface area contributed by atoms with Crippen molar-refractivity contribution in [3.8, 4) is 0 Å². The van der Waals surface area contributed by atoms with Crippen molar-refractivity contribution in [3.05, 3.63) is 54.4 Å². The molecule has 1 aliphatic heterocycles. The number of hydrogen-bond acceptors (Lipinski definition) is 4. The highest BCUT2D eigenvalue weighted by Crippen LogP contribution is 2.33. The predicted octanol–water partition coefficient (Wildman–Crippen LogP) is 3.26. The van der Waals surface area contributed by atoms with Crippen LogP contribution in [0.2, 0.25) is 0 Å². The minimum atomic E-state index is 0.0855. The molecule has 1 saturated heterocycles. The van der Waals surface area contributed by atoms with Crippen LogP contribution < -0.4 is 0 Å². The molecule has 27 heavy (non-hydrogen) atoms. The second kappa shape index (κ2) is 6.76. The molecule has 0 N–H and O–H groups in total. The molecule has 0 spiro atoms. The van der Waals surface area contributed by atoms with Gasteiger partial charge in [0.2, 0.25) is 0 Å². The molecule has 1 aliphatic carbocycles. The zero-order chi connectivity index (χ0) is 18.2. The monoisotopic (exact) mass is 361 g/mol. The maximum Gasteiger partial charge on any atom is 0.253 e. The van der Waals surface area contributed by atoms with Gasteiger partial charge in [-0.25, -0.2) is 4.98 Å². The Kier molecular flexibility index (Phi) is 4.11. The van der Waals surface area contributed by atoms with Gasteiger partial charge < -0.3 is 9.47 Å². The van der Waals surface area contributed by atoms with Gasteiger partial charge in [0.1, 0.15) is 5.82 Å². The number of nitrogens with zero attached hydrogens (tertiary/aromatic N) is 5. The fraction of sp³-hybridized carbons (Fsp3) is 0.429. The van der Waals surface area contributed by atoms with E-state index in [9.17, 15) is 4.79 Å². The zero-order valence-electron chi connectivity index (χ0n) is 15.3. The lowest BCUT2D eigenvalue weighted by atomic mass is 9.95. The molecule has 2 fully saturated rings. The highest BCUT2D eigenvalue weighted by Gasteiger charge is 2.29. The van der Waals surface area contributed by atoms with E-state index in [1.54, 1.807) is 12.4 Å². The van der Waals surface area contributed by atoms with Gasteiger partial charge in [-0.3, -0.25) is 14.8 Å². The topological polar surface area (TPSA) is 63.9 Å². The maximum atomic E-state index is 12.9. The highest BCUT2D eigenvalue weighted by molar-refractivity contribution is 5.97. The van der Waals surface area contributed by atoms with Crippen molar-refractivity contribution in [3.63, 3.8) is 0 Å². The van der Waals surface area contributed by atoms with Crippen molar-refractivity contribution in [1.29, 1.82) is 0 Å². The van der Waals surface area contributed by atoms with Crippen LogP contribution in [0.1, 0.15) is 47.8 Å². The molecule has 3 heterocycles. The van der Waals surface area contributed by atoms with Crippen LogP contribution in [0.3, 0.4) is 0 Å². The standard InChI is InChI=1S/C21H23N5O/c27-21(17-3-4-18-19(13-17)23-8-7-22-18)25-10-5-16(6-11-25)20-24-9-12-26(20)14-15-1-2-15/h3-4,7-9,12-13,15-16H,1-2,5-6,10-11,14H2. The first-order valence-corrected chi connectivity index (χ1v) is 9.79. The molecular formula is C21H23N5O. The number of likely N-dealkylation sites (tertiary alicyclic amines) is 1. The number of imidazole rings is 1. The van der Waals surface area contributed by atoms with Crippen LogP contribution in [0.15, 0.2) is 43.0 Å². The number of carbonyl (C=O) groups is 1. The number of fused-ring (bicyclic) bond motifs is 1. The number of aromatic nitrogens is 4. The molecule has 1 aromatic carbocycles. The van der Waals surface area contributed by atoms with E-state index in [0.717, 1.165) is 49.4 Å². The van der Waals surface area contributed by atoms with Gasteiger partial charge in [-0.2, -0.15) is 0 Å². The fourth-order valence-corrected chi connectivity index (χ4v) is 4.03. The van der Waals surface area contributed by atoms with Gasteiger partial charge in [0.15, 0.2) is 0 Å². The Morgan fingerprint density at radius 2 is 1.74 bits per heavy atom. The van der Waals surface area contributed by atoms with Crippen LogP contribution in [0, 0.1) is 5.92 Å². The molecule has 2 aromatic heterocycles. The van der Waals surface area contributed by atoms with Gasteiger partial charge in [0.05, 0.1) is 11.0 Å². The normalized spacial score (nSPS) is 18.1. The zero-order valence-corrected chi connectivity index (χ0v) is 15.3. The summed E-state index contributed by atoms with van der Waals surface area (Å²) in [5.74, 6) is 2.58. The smallest absolute Gasteiger partial charge is 0.253 e. The molecule has 6 heteroatoms. The molecule has 0 atom stereocenters. The third kappa shape index (κ3) is 3.31. The lowest BCUT2D eigenvalue weighted by Gasteiger charge is -2.32. The Balaban J connectivity index is 1.27. The molecule has 2 aliphatic rings. The van der Waals surface area contributed by atoms with Crippen LogP contribution in [-0.2, 0) is 6.54 Å². The van der Waals surface area contributed by atoms with E-state index in [4.69, 9.17) is 0 Å². The van der Waals surface area contributed by atoms with E-state index < -0.39 is 0 Å². The third-order valence-electron chi connectivity index (χ3n) is 5.76. The predicted molar refractivity (Wildman–Crippen MR) is 102 cm³/mol. The Morgan fingerprint density at radius 1 is 0.963 bits per heavy atom. The first-order chi connectivity index (χ1) is 13.3. The Hall–Kier alpha value is -2.76. The number of amides is 1. The van der Waals surface area contributed by atoms with E-state index in [1.165, 1.54) is 18.7 Å². The van der Waals surface area contributed by atoms with Crippen LogP contribution in [0.5, 0.6) is 0 Å². The summed E-state index contributed by atoms with van der Waals surface area (Å²) in [5, 5.41) is 0. The molecular weight excluding hydrogens is 338 g/mol.